The fraction of sp³-hybridized carbons (Fsp3) is 0.182. The molecule has 0 unspecified atom stereocenters. The summed E-state index contributed by atoms with van der Waals surface area (Å²) in [7, 11) is 0. The van der Waals surface area contributed by atoms with E-state index >= 15 is 0 Å². The Morgan fingerprint density at radius 2 is 1.65 bits per heavy atom. The fourth-order valence-corrected chi connectivity index (χ4v) is 1.70. The standard InChI is InChI=1S/C8H8N2O2.C3H5NS/c9-7(11)5-3-1-2-4-6(5)8(10)12;1-2-4-5-3-1/h1-4H,(H2,9,11)(H2,10,12);2H,1,3H2. The highest BCUT2D eigenvalue weighted by Crippen LogP contribution is 2.07. The smallest absolute Gasteiger partial charge is 0.249 e. The lowest BCUT2D eigenvalue weighted by atomic mass is 10.1. The third-order valence-corrected chi connectivity index (χ3v) is 2.66. The number of hydrogen-bond donors (Lipinski definition) is 2. The molecule has 0 saturated heterocycles. The number of amides is 2. The average molecular weight is 251 g/mol. The molecule has 0 bridgehead atoms. The molecule has 1 aliphatic rings. The molecule has 0 aromatic heterocycles. The van der Waals surface area contributed by atoms with E-state index in [9.17, 15) is 9.59 Å². The van der Waals surface area contributed by atoms with Crippen molar-refractivity contribution in [3.8, 4) is 0 Å². The van der Waals surface area contributed by atoms with E-state index in [1.165, 1.54) is 24.3 Å². The molecule has 5 nitrogen and oxygen atoms in total. The summed E-state index contributed by atoms with van der Waals surface area (Å²) in [4.78, 5) is 21.5. The van der Waals surface area contributed by atoms with E-state index in [2.05, 4.69) is 4.40 Å². The van der Waals surface area contributed by atoms with Crippen LogP contribution in [0.4, 0.5) is 0 Å². The zero-order valence-electron chi connectivity index (χ0n) is 9.13. The molecular formula is C11H13N3O2S. The third kappa shape index (κ3) is 4.28. The fourth-order valence-electron chi connectivity index (χ4n) is 1.18. The number of nitrogens with two attached hydrogens (primary N) is 2. The highest BCUT2D eigenvalue weighted by molar-refractivity contribution is 7.98. The van der Waals surface area contributed by atoms with E-state index in [0.29, 0.717) is 0 Å². The molecule has 1 aromatic carbocycles. The second-order valence-corrected chi connectivity index (χ2v) is 4.06. The first-order valence-corrected chi connectivity index (χ1v) is 5.89. The molecule has 4 N–H and O–H groups in total. The van der Waals surface area contributed by atoms with Gasteiger partial charge in [-0.2, -0.15) is 0 Å². The van der Waals surface area contributed by atoms with E-state index in [-0.39, 0.29) is 11.1 Å². The SMILES string of the molecule is C1=NSCC1.NC(=O)c1ccccc1C(N)=O. The lowest BCUT2D eigenvalue weighted by Gasteiger charge is -2.00. The number of rotatable bonds is 2. The first-order valence-electron chi connectivity index (χ1n) is 4.95. The van der Waals surface area contributed by atoms with Crippen LogP contribution in [0.15, 0.2) is 28.7 Å². The van der Waals surface area contributed by atoms with Crippen molar-refractivity contribution in [2.24, 2.45) is 15.9 Å². The maximum absolute atomic E-state index is 10.7. The summed E-state index contributed by atoms with van der Waals surface area (Å²) in [6.07, 6.45) is 3.12. The Morgan fingerprint density at radius 3 is 1.88 bits per heavy atom. The summed E-state index contributed by atoms with van der Waals surface area (Å²) in [5, 5.41) is 0. The molecule has 0 saturated carbocycles. The lowest BCUT2D eigenvalue weighted by Crippen LogP contribution is -2.20. The number of nitrogens with zero attached hydrogens (tertiary/aromatic N) is 1. The van der Waals surface area contributed by atoms with Crippen LogP contribution >= 0.6 is 11.9 Å². The Bertz CT molecular complexity index is 407. The third-order valence-electron chi connectivity index (χ3n) is 1.95. The summed E-state index contributed by atoms with van der Waals surface area (Å²) in [5.74, 6) is -0.103. The van der Waals surface area contributed by atoms with E-state index in [4.69, 9.17) is 11.5 Å². The first-order chi connectivity index (χ1) is 8.13. The Balaban J connectivity index is 0.000000239. The Labute approximate surface area is 103 Å². The van der Waals surface area contributed by atoms with Gasteiger partial charge in [-0.15, -0.1) is 0 Å². The van der Waals surface area contributed by atoms with Crippen LogP contribution < -0.4 is 11.5 Å². The molecule has 17 heavy (non-hydrogen) atoms. The quantitative estimate of drug-likeness (QED) is 0.767. The zero-order valence-corrected chi connectivity index (χ0v) is 9.94. The highest BCUT2D eigenvalue weighted by Gasteiger charge is 2.10. The van der Waals surface area contributed by atoms with Crippen molar-refractivity contribution < 1.29 is 9.59 Å². The largest absolute Gasteiger partial charge is 0.366 e. The second-order valence-electron chi connectivity index (χ2n) is 3.18. The van der Waals surface area contributed by atoms with Crippen LogP contribution in [0, 0.1) is 0 Å². The normalized spacial score (nSPS) is 12.7. The summed E-state index contributed by atoms with van der Waals surface area (Å²) < 4.78 is 3.88. The summed E-state index contributed by atoms with van der Waals surface area (Å²) >= 11 is 1.64. The van der Waals surface area contributed by atoms with Crippen LogP contribution in [0.1, 0.15) is 27.1 Å². The molecule has 0 atom stereocenters. The number of carbonyl (C=O) groups excluding carboxylic acids is 2. The Morgan fingerprint density at radius 1 is 1.12 bits per heavy atom. The molecule has 0 aliphatic carbocycles. The van der Waals surface area contributed by atoms with E-state index < -0.39 is 11.8 Å². The van der Waals surface area contributed by atoms with Gasteiger partial charge < -0.3 is 11.5 Å². The minimum Gasteiger partial charge on any atom is -0.366 e. The molecule has 0 fully saturated rings. The van der Waals surface area contributed by atoms with Crippen molar-refractivity contribution in [3.63, 3.8) is 0 Å². The number of hydrogen-bond acceptors (Lipinski definition) is 4. The Hall–Kier alpha value is -1.82. The minimum absolute atomic E-state index is 0.157. The van der Waals surface area contributed by atoms with Gasteiger partial charge in [-0.05, 0) is 30.5 Å². The van der Waals surface area contributed by atoms with Crippen LogP contribution in [0.3, 0.4) is 0 Å². The average Bonchev–Trinajstić information content (AvgIpc) is 2.87. The molecule has 0 radical (unpaired) electrons. The lowest BCUT2D eigenvalue weighted by molar-refractivity contribution is 0.0967. The van der Waals surface area contributed by atoms with Crippen molar-refractivity contribution in [1.82, 2.24) is 0 Å². The van der Waals surface area contributed by atoms with Crippen LogP contribution in [0.2, 0.25) is 0 Å². The van der Waals surface area contributed by atoms with E-state index in [1.807, 2.05) is 6.21 Å². The van der Waals surface area contributed by atoms with Crippen LogP contribution in [-0.2, 0) is 0 Å². The van der Waals surface area contributed by atoms with Gasteiger partial charge >= 0.3 is 0 Å². The molecule has 2 amide bonds. The number of primary amides is 2. The second kappa shape index (κ2) is 6.70. The van der Waals surface area contributed by atoms with Gasteiger partial charge in [0.1, 0.15) is 0 Å². The van der Waals surface area contributed by atoms with E-state index in [1.54, 1.807) is 24.1 Å². The monoisotopic (exact) mass is 251 g/mol. The van der Waals surface area contributed by atoms with Crippen LogP contribution in [-0.4, -0.2) is 23.8 Å². The maximum atomic E-state index is 10.7. The van der Waals surface area contributed by atoms with Crippen molar-refractivity contribution in [3.05, 3.63) is 35.4 Å². The molecule has 1 aliphatic heterocycles. The van der Waals surface area contributed by atoms with Gasteiger partial charge in [0.15, 0.2) is 0 Å². The molecule has 1 heterocycles. The van der Waals surface area contributed by atoms with Gasteiger partial charge in [0.05, 0.1) is 11.1 Å². The van der Waals surface area contributed by atoms with Gasteiger partial charge in [0.2, 0.25) is 11.8 Å². The van der Waals surface area contributed by atoms with Gasteiger partial charge in [-0.1, -0.05) is 12.1 Å². The summed E-state index contributed by atoms with van der Waals surface area (Å²) in [6.45, 7) is 0. The molecule has 2 rings (SSSR count). The van der Waals surface area contributed by atoms with Crippen LogP contribution in [0.25, 0.3) is 0 Å². The molecule has 1 aromatic rings. The predicted molar refractivity (Wildman–Crippen MR) is 69.0 cm³/mol. The summed E-state index contributed by atoms with van der Waals surface area (Å²) in [5.41, 5.74) is 10.3. The van der Waals surface area contributed by atoms with Gasteiger partial charge in [0.25, 0.3) is 0 Å². The van der Waals surface area contributed by atoms with Gasteiger partial charge in [0, 0.05) is 12.0 Å². The van der Waals surface area contributed by atoms with Gasteiger partial charge in [-0.3, -0.25) is 9.59 Å². The molecule has 90 valence electrons. The number of benzene rings is 1. The maximum Gasteiger partial charge on any atom is 0.249 e. The highest BCUT2D eigenvalue weighted by atomic mass is 32.2. The van der Waals surface area contributed by atoms with Gasteiger partial charge in [-0.25, -0.2) is 4.40 Å². The molecular weight excluding hydrogens is 238 g/mol. The van der Waals surface area contributed by atoms with Crippen molar-refractivity contribution in [2.75, 3.05) is 5.75 Å². The van der Waals surface area contributed by atoms with Crippen molar-refractivity contribution >= 4 is 30.0 Å². The van der Waals surface area contributed by atoms with Crippen molar-refractivity contribution in [2.45, 2.75) is 6.42 Å². The first kappa shape index (κ1) is 13.2. The number of carbonyl (C=O) groups is 2. The molecule has 0 spiro atoms. The van der Waals surface area contributed by atoms with Crippen LogP contribution in [0.5, 0.6) is 0 Å². The predicted octanol–water partition coefficient (Wildman–Crippen LogP) is 0.994. The zero-order chi connectivity index (χ0) is 12.7. The Kier molecular flexibility index (Phi) is 5.22. The minimum atomic E-state index is -0.649. The van der Waals surface area contributed by atoms with Crippen molar-refractivity contribution in [1.29, 1.82) is 0 Å². The topological polar surface area (TPSA) is 98.5 Å². The van der Waals surface area contributed by atoms with E-state index in [0.717, 1.165) is 0 Å². The summed E-state index contributed by atoms with van der Waals surface area (Å²) in [6, 6.07) is 6.16. The molecule has 6 heteroatoms.